The normalized spacial score (nSPS) is 14.6. The summed E-state index contributed by atoms with van der Waals surface area (Å²) in [7, 11) is -4.28. The van der Waals surface area contributed by atoms with Crippen LogP contribution in [-0.2, 0) is 13.9 Å². The van der Waals surface area contributed by atoms with Gasteiger partial charge in [-0.15, -0.1) is 0 Å². The molecule has 0 spiro atoms. The number of aliphatic carboxylic acids is 1. The fraction of sp³-hybridized carbons (Fsp3) is 0.741. The van der Waals surface area contributed by atoms with Crippen LogP contribution in [0.4, 0.5) is 0 Å². The molecular weight excluding hydrogens is 449 g/mol. The van der Waals surface area contributed by atoms with Gasteiger partial charge in [0.05, 0.1) is 0 Å². The third-order valence-corrected chi connectivity index (χ3v) is 8.03. The van der Waals surface area contributed by atoms with Gasteiger partial charge in [-0.3, -0.25) is 14.4 Å². The minimum absolute atomic E-state index is 0.568. The summed E-state index contributed by atoms with van der Waals surface area (Å²) >= 11 is 0. The van der Waals surface area contributed by atoms with Gasteiger partial charge in [-0.25, -0.2) is 4.79 Å². The highest BCUT2D eigenvalue weighted by Gasteiger charge is 2.42. The molecule has 0 aliphatic heterocycles. The van der Waals surface area contributed by atoms with Crippen LogP contribution >= 0.6 is 7.60 Å². The Morgan fingerprint density at radius 2 is 1.32 bits per heavy atom. The molecule has 3 N–H and O–H groups in total. The van der Waals surface area contributed by atoms with E-state index in [9.17, 15) is 19.4 Å². The van der Waals surface area contributed by atoms with Gasteiger partial charge in [-0.1, -0.05) is 121 Å². The largest absolute Gasteiger partial charge is 0.479 e. The maximum atomic E-state index is 13.0. The molecule has 1 aromatic rings. The van der Waals surface area contributed by atoms with E-state index in [0.717, 1.165) is 19.3 Å². The first-order chi connectivity index (χ1) is 16.2. The van der Waals surface area contributed by atoms with Gasteiger partial charge >= 0.3 is 13.6 Å². The highest BCUT2D eigenvalue weighted by Crippen LogP contribution is 2.57. The first-order valence-electron chi connectivity index (χ1n) is 13.3. The van der Waals surface area contributed by atoms with Crippen LogP contribution in [0.2, 0.25) is 0 Å². The molecule has 6 nitrogen and oxygen atoms in total. The Balaban J connectivity index is 2.29. The number of rotatable bonds is 21. The molecule has 0 saturated carbocycles. The maximum absolute atomic E-state index is 13.0. The van der Waals surface area contributed by atoms with E-state index in [2.05, 4.69) is 12.2 Å². The van der Waals surface area contributed by atoms with Crippen LogP contribution in [-0.4, -0.2) is 28.1 Å². The van der Waals surface area contributed by atoms with Crippen molar-refractivity contribution in [2.24, 2.45) is 0 Å². The summed E-state index contributed by atoms with van der Waals surface area (Å²) in [6, 6.07) is 8.92. The predicted octanol–water partition coefficient (Wildman–Crippen LogP) is 7.82. The van der Waals surface area contributed by atoms with Gasteiger partial charge in [-0.2, -0.15) is 0 Å². The third-order valence-electron chi connectivity index (χ3n) is 6.18. The van der Waals surface area contributed by atoms with Crippen LogP contribution in [0, 0.1) is 0 Å². The van der Waals surface area contributed by atoms with Crippen molar-refractivity contribution in [3.05, 3.63) is 35.9 Å². The average molecular weight is 498 g/mol. The van der Waals surface area contributed by atoms with Gasteiger partial charge in [0.1, 0.15) is 5.78 Å². The van der Waals surface area contributed by atoms with Crippen molar-refractivity contribution in [2.75, 3.05) is 6.54 Å². The molecule has 0 saturated heterocycles. The van der Waals surface area contributed by atoms with Crippen molar-refractivity contribution in [2.45, 2.75) is 122 Å². The lowest BCUT2D eigenvalue weighted by atomic mass is 10.0. The highest BCUT2D eigenvalue weighted by molar-refractivity contribution is 7.53. The molecule has 2 unspecified atom stereocenters. The number of carboxylic acid groups (broad SMARTS) is 1. The van der Waals surface area contributed by atoms with Gasteiger partial charge in [0.2, 0.25) is 0 Å². The SMILES string of the molecule is CCCCCCCCCCCCCCCCNC(c1ccccc1)P(=O)(O)OC(C)(C)C(=O)O. The van der Waals surface area contributed by atoms with E-state index in [1.165, 1.54) is 84.5 Å². The molecule has 0 aromatic heterocycles. The topological polar surface area (TPSA) is 95.9 Å². The zero-order valence-corrected chi connectivity index (χ0v) is 22.5. The average Bonchev–Trinajstić information content (AvgIpc) is 2.78. The van der Waals surface area contributed by atoms with Crippen LogP contribution in [0.15, 0.2) is 30.3 Å². The number of nitrogens with one attached hydrogen (secondary N) is 1. The molecule has 7 heteroatoms. The van der Waals surface area contributed by atoms with Crippen LogP contribution < -0.4 is 5.32 Å². The Morgan fingerprint density at radius 3 is 1.76 bits per heavy atom. The third kappa shape index (κ3) is 13.0. The summed E-state index contributed by atoms with van der Waals surface area (Å²) < 4.78 is 18.2. The molecule has 0 heterocycles. The van der Waals surface area contributed by atoms with Crippen LogP contribution in [0.1, 0.15) is 122 Å². The number of carbonyl (C=O) groups is 1. The summed E-state index contributed by atoms with van der Waals surface area (Å²) in [4.78, 5) is 22.0. The fourth-order valence-corrected chi connectivity index (χ4v) is 5.78. The summed E-state index contributed by atoms with van der Waals surface area (Å²) in [5.74, 6) is -2.24. The lowest BCUT2D eigenvalue weighted by Crippen LogP contribution is -2.35. The maximum Gasteiger partial charge on any atom is 0.350 e. The van der Waals surface area contributed by atoms with Crippen molar-refractivity contribution in [1.82, 2.24) is 5.32 Å². The van der Waals surface area contributed by atoms with Gasteiger partial charge in [0.15, 0.2) is 5.60 Å². The van der Waals surface area contributed by atoms with E-state index in [1.54, 1.807) is 24.3 Å². The molecular formula is C27H48NO5P. The second-order valence-electron chi connectivity index (χ2n) is 9.83. The van der Waals surface area contributed by atoms with Crippen LogP contribution in [0.5, 0.6) is 0 Å². The molecule has 0 aliphatic carbocycles. The first kappa shape index (κ1) is 30.8. The summed E-state index contributed by atoms with van der Waals surface area (Å²) in [5, 5.41) is 12.4. The zero-order chi connectivity index (χ0) is 25.3. The molecule has 0 amide bonds. The summed E-state index contributed by atoms with van der Waals surface area (Å²) in [5.41, 5.74) is -1.14. The quantitative estimate of drug-likeness (QED) is 0.118. The molecule has 0 radical (unpaired) electrons. The standard InChI is InChI=1S/C27H48NO5P/c1-4-5-6-7-8-9-10-11-12-13-14-15-16-20-23-28-25(24-21-18-17-19-22-24)34(31,32)33-27(2,3)26(29)30/h17-19,21-22,25,28H,4-16,20,23H2,1-3H3,(H,29,30)(H,31,32). The Labute approximate surface area is 207 Å². The van der Waals surface area contributed by atoms with Crippen molar-refractivity contribution < 1.29 is 23.9 Å². The first-order valence-corrected chi connectivity index (χ1v) is 14.9. The zero-order valence-electron chi connectivity index (χ0n) is 21.6. The smallest absolute Gasteiger partial charge is 0.350 e. The van der Waals surface area contributed by atoms with Crippen molar-refractivity contribution in [3.63, 3.8) is 0 Å². The number of hydrogen-bond acceptors (Lipinski definition) is 4. The molecule has 1 aromatic carbocycles. The van der Waals surface area contributed by atoms with Gasteiger partial charge in [0, 0.05) is 0 Å². The molecule has 34 heavy (non-hydrogen) atoms. The highest BCUT2D eigenvalue weighted by atomic mass is 31.2. The number of unbranched alkanes of at least 4 members (excludes halogenated alkanes) is 13. The molecule has 2 atom stereocenters. The second kappa shape index (κ2) is 17.3. The van der Waals surface area contributed by atoms with E-state index < -0.39 is 24.9 Å². The Morgan fingerprint density at radius 1 is 0.882 bits per heavy atom. The predicted molar refractivity (Wildman–Crippen MR) is 140 cm³/mol. The van der Waals surface area contributed by atoms with E-state index in [1.807, 2.05) is 6.07 Å². The summed E-state index contributed by atoms with van der Waals surface area (Å²) in [6.07, 6.45) is 17.9. The minimum Gasteiger partial charge on any atom is -0.479 e. The molecule has 0 aliphatic rings. The fourth-order valence-electron chi connectivity index (χ4n) is 4.03. The Hall–Kier alpha value is -1.20. The number of benzene rings is 1. The number of carboxylic acids is 1. The van der Waals surface area contributed by atoms with Crippen LogP contribution in [0.3, 0.4) is 0 Å². The van der Waals surface area contributed by atoms with Crippen molar-refractivity contribution in [3.8, 4) is 0 Å². The summed E-state index contributed by atoms with van der Waals surface area (Å²) in [6.45, 7) is 5.40. The van der Waals surface area contributed by atoms with Crippen LogP contribution in [0.25, 0.3) is 0 Å². The lowest BCUT2D eigenvalue weighted by molar-refractivity contribution is -0.152. The Kier molecular flexibility index (Phi) is 15.7. The molecule has 196 valence electrons. The second-order valence-corrected chi connectivity index (χ2v) is 11.7. The van der Waals surface area contributed by atoms with E-state index in [4.69, 9.17) is 4.52 Å². The van der Waals surface area contributed by atoms with E-state index in [0.29, 0.717) is 12.1 Å². The monoisotopic (exact) mass is 497 g/mol. The van der Waals surface area contributed by atoms with Crippen molar-refractivity contribution >= 4 is 13.6 Å². The molecule has 0 bridgehead atoms. The molecule has 1 rings (SSSR count). The molecule has 0 fully saturated rings. The minimum atomic E-state index is -4.28. The van der Waals surface area contributed by atoms with Gasteiger partial charge in [0.25, 0.3) is 0 Å². The van der Waals surface area contributed by atoms with E-state index in [-0.39, 0.29) is 0 Å². The Bertz CT molecular complexity index is 710. The number of hydrogen-bond donors (Lipinski definition) is 3. The van der Waals surface area contributed by atoms with E-state index >= 15 is 0 Å². The van der Waals surface area contributed by atoms with Gasteiger partial charge < -0.3 is 10.00 Å². The lowest BCUT2D eigenvalue weighted by Gasteiger charge is -2.29. The van der Waals surface area contributed by atoms with Crippen molar-refractivity contribution in [1.29, 1.82) is 0 Å². The van der Waals surface area contributed by atoms with Gasteiger partial charge in [-0.05, 0) is 32.4 Å².